The van der Waals surface area contributed by atoms with Gasteiger partial charge in [0.25, 0.3) is 0 Å². The van der Waals surface area contributed by atoms with E-state index in [1.165, 1.54) is 10.8 Å². The van der Waals surface area contributed by atoms with Crippen molar-refractivity contribution >= 4 is 29.1 Å². The first-order valence-electron chi connectivity index (χ1n) is 6.66. The van der Waals surface area contributed by atoms with Crippen molar-refractivity contribution in [1.29, 1.82) is 0 Å². The normalized spacial score (nSPS) is 11.7. The summed E-state index contributed by atoms with van der Waals surface area (Å²) in [5, 5.41) is 5.34. The third-order valence-electron chi connectivity index (χ3n) is 3.18. The number of halogens is 1. The molecule has 0 saturated heterocycles. The molecule has 3 nitrogen and oxygen atoms in total. The molecule has 1 amide bonds. The monoisotopic (exact) mass is 292 g/mol. The fourth-order valence-corrected chi connectivity index (χ4v) is 2.09. The van der Waals surface area contributed by atoms with E-state index in [0.29, 0.717) is 13.0 Å². The van der Waals surface area contributed by atoms with E-state index in [1.807, 2.05) is 31.2 Å². The molecule has 0 aliphatic carbocycles. The summed E-state index contributed by atoms with van der Waals surface area (Å²) in [4.78, 5) is 11.7. The van der Waals surface area contributed by atoms with E-state index in [1.54, 1.807) is 0 Å². The third-order valence-corrected chi connectivity index (χ3v) is 3.18. The van der Waals surface area contributed by atoms with E-state index < -0.39 is 0 Å². The van der Waals surface area contributed by atoms with Crippen LogP contribution in [0.15, 0.2) is 42.5 Å². The maximum atomic E-state index is 11.7. The molecule has 1 unspecified atom stereocenters. The Hall–Kier alpha value is -1.58. The average Bonchev–Trinajstić information content (AvgIpc) is 2.42. The van der Waals surface area contributed by atoms with Crippen LogP contribution in [0, 0.1) is 0 Å². The molecule has 0 aliphatic rings. The quantitative estimate of drug-likeness (QED) is 0.890. The number of hydrogen-bond donors (Lipinski definition) is 2. The second-order valence-electron chi connectivity index (χ2n) is 4.93. The van der Waals surface area contributed by atoms with Crippen LogP contribution in [-0.4, -0.2) is 11.9 Å². The molecule has 0 fully saturated rings. The van der Waals surface area contributed by atoms with Crippen molar-refractivity contribution in [2.75, 3.05) is 0 Å². The topological polar surface area (TPSA) is 55.1 Å². The molecule has 0 radical (unpaired) electrons. The van der Waals surface area contributed by atoms with Gasteiger partial charge in [-0.3, -0.25) is 4.79 Å². The standard InChI is InChI=1S/C16H20N2O.ClH/c1-12(17)9-10-16(19)18-11-14-7-4-6-13-5-2-3-8-15(13)14;/h2-8,12H,9-11,17H2,1H3,(H,18,19);1H. The number of nitrogens with one attached hydrogen (secondary N) is 1. The maximum Gasteiger partial charge on any atom is 0.220 e. The maximum absolute atomic E-state index is 11.7. The SMILES string of the molecule is CC(N)CCC(=O)NCc1cccc2ccccc12.Cl. The van der Waals surface area contributed by atoms with Gasteiger partial charge < -0.3 is 11.1 Å². The van der Waals surface area contributed by atoms with Crippen molar-refractivity contribution in [2.45, 2.75) is 32.4 Å². The Morgan fingerprint density at radius 3 is 2.65 bits per heavy atom. The molecule has 0 aromatic heterocycles. The molecule has 20 heavy (non-hydrogen) atoms. The minimum Gasteiger partial charge on any atom is -0.352 e. The second kappa shape index (κ2) is 7.88. The molecule has 1 atom stereocenters. The molecule has 4 heteroatoms. The van der Waals surface area contributed by atoms with Crippen molar-refractivity contribution in [3.63, 3.8) is 0 Å². The summed E-state index contributed by atoms with van der Waals surface area (Å²) in [6.07, 6.45) is 1.21. The number of fused-ring (bicyclic) bond motifs is 1. The number of rotatable bonds is 5. The molecule has 2 aromatic rings. The zero-order valence-corrected chi connectivity index (χ0v) is 12.5. The highest BCUT2D eigenvalue weighted by Crippen LogP contribution is 2.18. The predicted octanol–water partition coefficient (Wildman–Crippen LogP) is 3.01. The molecule has 108 valence electrons. The zero-order chi connectivity index (χ0) is 13.7. The lowest BCUT2D eigenvalue weighted by Crippen LogP contribution is -2.25. The summed E-state index contributed by atoms with van der Waals surface area (Å²) in [7, 11) is 0. The number of carbonyl (C=O) groups is 1. The van der Waals surface area contributed by atoms with E-state index in [-0.39, 0.29) is 24.4 Å². The highest BCUT2D eigenvalue weighted by atomic mass is 35.5. The first kappa shape index (κ1) is 16.5. The molecular formula is C16H21ClN2O. The van der Waals surface area contributed by atoms with E-state index >= 15 is 0 Å². The Bertz CT molecular complexity index is 564. The summed E-state index contributed by atoms with van der Waals surface area (Å²) < 4.78 is 0. The van der Waals surface area contributed by atoms with Crippen LogP contribution in [-0.2, 0) is 11.3 Å². The summed E-state index contributed by atoms with van der Waals surface area (Å²) in [6, 6.07) is 14.4. The van der Waals surface area contributed by atoms with Crippen LogP contribution in [0.5, 0.6) is 0 Å². The van der Waals surface area contributed by atoms with Gasteiger partial charge in [0.15, 0.2) is 0 Å². The van der Waals surface area contributed by atoms with Crippen LogP contribution in [0.3, 0.4) is 0 Å². The van der Waals surface area contributed by atoms with E-state index in [0.717, 1.165) is 12.0 Å². The number of amides is 1. The van der Waals surface area contributed by atoms with Gasteiger partial charge in [0.2, 0.25) is 5.91 Å². The smallest absolute Gasteiger partial charge is 0.220 e. The van der Waals surface area contributed by atoms with Crippen LogP contribution < -0.4 is 11.1 Å². The van der Waals surface area contributed by atoms with Gasteiger partial charge in [0.1, 0.15) is 0 Å². The number of nitrogens with two attached hydrogens (primary N) is 1. The average molecular weight is 293 g/mol. The molecular weight excluding hydrogens is 272 g/mol. The second-order valence-corrected chi connectivity index (χ2v) is 4.93. The Morgan fingerprint density at radius 2 is 1.90 bits per heavy atom. The molecule has 0 spiro atoms. The Kier molecular flexibility index (Phi) is 6.49. The Morgan fingerprint density at radius 1 is 1.20 bits per heavy atom. The fourth-order valence-electron chi connectivity index (χ4n) is 2.09. The molecule has 0 saturated carbocycles. The summed E-state index contributed by atoms with van der Waals surface area (Å²) in [6.45, 7) is 2.48. The number of hydrogen-bond acceptors (Lipinski definition) is 2. The van der Waals surface area contributed by atoms with E-state index in [9.17, 15) is 4.79 Å². The van der Waals surface area contributed by atoms with Crippen molar-refractivity contribution in [3.05, 3.63) is 48.0 Å². The largest absolute Gasteiger partial charge is 0.352 e. The lowest BCUT2D eigenvalue weighted by atomic mass is 10.0. The summed E-state index contributed by atoms with van der Waals surface area (Å²) >= 11 is 0. The minimum atomic E-state index is 0. The van der Waals surface area contributed by atoms with Gasteiger partial charge in [-0.25, -0.2) is 0 Å². The van der Waals surface area contributed by atoms with Crippen LogP contribution in [0.4, 0.5) is 0 Å². The highest BCUT2D eigenvalue weighted by Gasteiger charge is 2.05. The third kappa shape index (κ3) is 4.51. The molecule has 2 rings (SSSR count). The van der Waals surface area contributed by atoms with Crippen LogP contribution in [0.25, 0.3) is 10.8 Å². The molecule has 0 aliphatic heterocycles. The molecule has 2 aromatic carbocycles. The van der Waals surface area contributed by atoms with Gasteiger partial charge in [-0.15, -0.1) is 12.4 Å². The fraction of sp³-hybridized carbons (Fsp3) is 0.312. The van der Waals surface area contributed by atoms with Gasteiger partial charge >= 0.3 is 0 Å². The van der Waals surface area contributed by atoms with Crippen molar-refractivity contribution < 1.29 is 4.79 Å². The van der Waals surface area contributed by atoms with E-state index in [2.05, 4.69) is 23.5 Å². The van der Waals surface area contributed by atoms with Gasteiger partial charge in [0.05, 0.1) is 0 Å². The Balaban J connectivity index is 0.00000200. The van der Waals surface area contributed by atoms with Crippen molar-refractivity contribution in [1.82, 2.24) is 5.32 Å². The van der Waals surface area contributed by atoms with Gasteiger partial charge in [-0.2, -0.15) is 0 Å². The summed E-state index contributed by atoms with van der Waals surface area (Å²) in [5.74, 6) is 0.0604. The molecule has 0 heterocycles. The minimum absolute atomic E-state index is 0. The van der Waals surface area contributed by atoms with E-state index in [4.69, 9.17) is 5.73 Å². The first-order chi connectivity index (χ1) is 9.16. The first-order valence-corrected chi connectivity index (χ1v) is 6.66. The predicted molar refractivity (Wildman–Crippen MR) is 85.9 cm³/mol. The highest BCUT2D eigenvalue weighted by molar-refractivity contribution is 5.86. The van der Waals surface area contributed by atoms with Gasteiger partial charge in [-0.05, 0) is 29.7 Å². The van der Waals surface area contributed by atoms with Gasteiger partial charge in [-0.1, -0.05) is 42.5 Å². The van der Waals surface area contributed by atoms with Crippen molar-refractivity contribution in [3.8, 4) is 0 Å². The number of benzene rings is 2. The Labute approximate surface area is 126 Å². The lowest BCUT2D eigenvalue weighted by Gasteiger charge is -2.09. The summed E-state index contributed by atoms with van der Waals surface area (Å²) in [5.41, 5.74) is 6.79. The van der Waals surface area contributed by atoms with Crippen LogP contribution in [0.1, 0.15) is 25.3 Å². The van der Waals surface area contributed by atoms with Gasteiger partial charge in [0, 0.05) is 19.0 Å². The lowest BCUT2D eigenvalue weighted by molar-refractivity contribution is -0.121. The van der Waals surface area contributed by atoms with Crippen LogP contribution in [0.2, 0.25) is 0 Å². The van der Waals surface area contributed by atoms with Crippen molar-refractivity contribution in [2.24, 2.45) is 5.73 Å². The molecule has 0 bridgehead atoms. The molecule has 3 N–H and O–H groups in total. The van der Waals surface area contributed by atoms with Crippen LogP contribution >= 0.6 is 12.4 Å². The zero-order valence-electron chi connectivity index (χ0n) is 11.6. The number of carbonyl (C=O) groups excluding carboxylic acids is 1.